The zero-order valence-corrected chi connectivity index (χ0v) is 13.5. The summed E-state index contributed by atoms with van der Waals surface area (Å²) in [6.07, 6.45) is 6.45. The van der Waals surface area contributed by atoms with Gasteiger partial charge in [-0.2, -0.15) is 0 Å². The Bertz CT molecular complexity index is 449. The normalized spacial score (nSPS) is 12.9. The number of ether oxygens (including phenoxy) is 1. The molecule has 0 heterocycles. The van der Waals surface area contributed by atoms with E-state index >= 15 is 0 Å². The Hall–Kier alpha value is -0.950. The minimum atomic E-state index is 0.468. The number of halogens is 1. The summed E-state index contributed by atoms with van der Waals surface area (Å²) in [6, 6.07) is 2.01. The van der Waals surface area contributed by atoms with Crippen molar-refractivity contribution < 1.29 is 4.74 Å². The molecular formula is C17H25ClO. The molecule has 0 spiro atoms. The minimum absolute atomic E-state index is 0.468. The molecular weight excluding hydrogens is 256 g/mol. The molecule has 1 aromatic rings. The zero-order valence-electron chi connectivity index (χ0n) is 12.7. The number of aryl methyl sites for hydroxylation is 1. The van der Waals surface area contributed by atoms with E-state index in [0.717, 1.165) is 34.7 Å². The average molecular weight is 281 g/mol. The van der Waals surface area contributed by atoms with E-state index in [9.17, 15) is 0 Å². The number of rotatable bonds is 6. The van der Waals surface area contributed by atoms with Crippen molar-refractivity contribution in [3.8, 4) is 5.75 Å². The fraction of sp³-hybridized carbons (Fsp3) is 0.529. The topological polar surface area (TPSA) is 9.23 Å². The highest BCUT2D eigenvalue weighted by molar-refractivity contribution is 6.31. The number of allylic oxidation sites excluding steroid dienone is 2. The van der Waals surface area contributed by atoms with Gasteiger partial charge in [0.05, 0.1) is 6.61 Å². The summed E-state index contributed by atoms with van der Waals surface area (Å²) in [5.41, 5.74) is 3.57. The van der Waals surface area contributed by atoms with Crippen LogP contribution in [-0.2, 0) is 0 Å². The maximum atomic E-state index is 6.35. The van der Waals surface area contributed by atoms with Crippen LogP contribution in [0.5, 0.6) is 5.75 Å². The van der Waals surface area contributed by atoms with Crippen LogP contribution in [0.25, 0.3) is 0 Å². The van der Waals surface area contributed by atoms with Crippen molar-refractivity contribution in [1.29, 1.82) is 0 Å². The Morgan fingerprint density at radius 2 is 2.00 bits per heavy atom. The van der Waals surface area contributed by atoms with Crippen molar-refractivity contribution in [2.75, 3.05) is 6.61 Å². The lowest BCUT2D eigenvalue weighted by Crippen LogP contribution is -2.06. The second-order valence-corrected chi connectivity index (χ2v) is 5.29. The van der Waals surface area contributed by atoms with Gasteiger partial charge >= 0.3 is 0 Å². The summed E-state index contributed by atoms with van der Waals surface area (Å²) in [4.78, 5) is 0. The average Bonchev–Trinajstić information content (AvgIpc) is 2.39. The van der Waals surface area contributed by atoms with Crippen LogP contribution in [0.1, 0.15) is 56.2 Å². The Morgan fingerprint density at radius 1 is 1.32 bits per heavy atom. The van der Waals surface area contributed by atoms with Crippen LogP contribution in [0.15, 0.2) is 18.2 Å². The molecule has 1 nitrogen and oxygen atoms in total. The van der Waals surface area contributed by atoms with Crippen LogP contribution in [0.4, 0.5) is 0 Å². The third-order valence-electron chi connectivity index (χ3n) is 3.55. The predicted molar refractivity (Wildman–Crippen MR) is 84.6 cm³/mol. The van der Waals surface area contributed by atoms with E-state index in [0.29, 0.717) is 12.5 Å². The molecule has 0 aromatic heterocycles. The van der Waals surface area contributed by atoms with Crippen molar-refractivity contribution >= 4 is 11.6 Å². The smallest absolute Gasteiger partial charge is 0.126 e. The van der Waals surface area contributed by atoms with Gasteiger partial charge in [0.15, 0.2) is 0 Å². The van der Waals surface area contributed by atoms with E-state index in [1.165, 1.54) is 5.56 Å². The molecule has 1 aromatic carbocycles. The summed E-state index contributed by atoms with van der Waals surface area (Å²) in [6.45, 7) is 11.2. The molecule has 1 atom stereocenters. The van der Waals surface area contributed by atoms with Crippen LogP contribution < -0.4 is 4.74 Å². The monoisotopic (exact) mass is 280 g/mol. The predicted octanol–water partition coefficient (Wildman–Crippen LogP) is 5.82. The van der Waals surface area contributed by atoms with E-state index < -0.39 is 0 Å². The van der Waals surface area contributed by atoms with Gasteiger partial charge in [0.2, 0.25) is 0 Å². The molecule has 1 rings (SSSR count). The van der Waals surface area contributed by atoms with Gasteiger partial charge in [-0.05, 0) is 63.6 Å². The van der Waals surface area contributed by atoms with Gasteiger partial charge in [-0.15, -0.1) is 0 Å². The Labute approximate surface area is 122 Å². The van der Waals surface area contributed by atoms with E-state index in [4.69, 9.17) is 16.3 Å². The van der Waals surface area contributed by atoms with Gasteiger partial charge in [0.25, 0.3) is 0 Å². The third kappa shape index (κ3) is 3.76. The summed E-state index contributed by atoms with van der Waals surface area (Å²) >= 11 is 6.35. The molecule has 1 unspecified atom stereocenters. The minimum Gasteiger partial charge on any atom is -0.493 e. The zero-order chi connectivity index (χ0) is 14.4. The number of hydrogen-bond donors (Lipinski definition) is 0. The fourth-order valence-electron chi connectivity index (χ4n) is 2.49. The van der Waals surface area contributed by atoms with Gasteiger partial charge in [-0.1, -0.05) is 30.7 Å². The largest absolute Gasteiger partial charge is 0.493 e. The lowest BCUT2D eigenvalue weighted by molar-refractivity contribution is 0.331. The highest BCUT2D eigenvalue weighted by Crippen LogP contribution is 2.40. The van der Waals surface area contributed by atoms with Crippen LogP contribution in [0.2, 0.25) is 5.02 Å². The van der Waals surface area contributed by atoms with E-state index in [2.05, 4.69) is 39.8 Å². The second kappa shape index (κ2) is 7.59. The Morgan fingerprint density at radius 3 is 2.53 bits per heavy atom. The molecule has 0 aliphatic carbocycles. The first-order valence-corrected chi connectivity index (χ1v) is 7.48. The van der Waals surface area contributed by atoms with Crippen molar-refractivity contribution in [2.45, 2.75) is 53.4 Å². The van der Waals surface area contributed by atoms with Crippen LogP contribution in [-0.4, -0.2) is 6.61 Å². The first-order valence-electron chi connectivity index (χ1n) is 7.10. The SMILES string of the molecule is C/C=C\CC(CC)c1c(C)c(Cl)cc(C)c1OCC. The molecule has 0 N–H and O–H groups in total. The molecule has 0 saturated carbocycles. The summed E-state index contributed by atoms with van der Waals surface area (Å²) in [5.74, 6) is 1.50. The molecule has 0 amide bonds. The molecule has 0 bridgehead atoms. The van der Waals surface area contributed by atoms with E-state index in [1.807, 2.05) is 13.0 Å². The van der Waals surface area contributed by atoms with Gasteiger partial charge < -0.3 is 4.74 Å². The Balaban J connectivity index is 3.35. The molecule has 0 radical (unpaired) electrons. The molecule has 19 heavy (non-hydrogen) atoms. The van der Waals surface area contributed by atoms with Crippen LogP contribution in [0, 0.1) is 13.8 Å². The summed E-state index contributed by atoms with van der Waals surface area (Å²) < 4.78 is 5.88. The van der Waals surface area contributed by atoms with Gasteiger partial charge in [-0.3, -0.25) is 0 Å². The van der Waals surface area contributed by atoms with Crippen molar-refractivity contribution in [2.24, 2.45) is 0 Å². The lowest BCUT2D eigenvalue weighted by atomic mass is 9.87. The van der Waals surface area contributed by atoms with Gasteiger partial charge in [0, 0.05) is 10.6 Å². The first-order chi connectivity index (χ1) is 9.06. The van der Waals surface area contributed by atoms with Crippen LogP contribution >= 0.6 is 11.6 Å². The van der Waals surface area contributed by atoms with E-state index in [1.54, 1.807) is 0 Å². The summed E-state index contributed by atoms with van der Waals surface area (Å²) in [5, 5.41) is 0.842. The number of hydrogen-bond acceptors (Lipinski definition) is 1. The van der Waals surface area contributed by atoms with Crippen molar-refractivity contribution in [3.05, 3.63) is 39.9 Å². The molecule has 2 heteroatoms. The highest BCUT2D eigenvalue weighted by atomic mass is 35.5. The molecule has 0 fully saturated rings. The van der Waals surface area contributed by atoms with Crippen molar-refractivity contribution in [3.63, 3.8) is 0 Å². The van der Waals surface area contributed by atoms with E-state index in [-0.39, 0.29) is 0 Å². The van der Waals surface area contributed by atoms with Crippen molar-refractivity contribution in [1.82, 2.24) is 0 Å². The fourth-order valence-corrected chi connectivity index (χ4v) is 2.76. The quantitative estimate of drug-likeness (QED) is 0.597. The molecule has 0 aliphatic heterocycles. The molecule has 0 saturated heterocycles. The highest BCUT2D eigenvalue weighted by Gasteiger charge is 2.20. The second-order valence-electron chi connectivity index (χ2n) is 4.89. The van der Waals surface area contributed by atoms with Gasteiger partial charge in [0.1, 0.15) is 5.75 Å². The maximum absolute atomic E-state index is 6.35. The van der Waals surface area contributed by atoms with Crippen LogP contribution in [0.3, 0.4) is 0 Å². The maximum Gasteiger partial charge on any atom is 0.126 e. The third-order valence-corrected chi connectivity index (χ3v) is 3.95. The molecule has 0 aliphatic rings. The lowest BCUT2D eigenvalue weighted by Gasteiger charge is -2.23. The summed E-state index contributed by atoms with van der Waals surface area (Å²) in [7, 11) is 0. The standard InChI is InChI=1S/C17H25ClO/c1-6-9-10-14(7-2)16-13(5)15(18)11-12(4)17(16)19-8-3/h6,9,11,14H,7-8,10H2,1-5H3/b9-6-. The first kappa shape index (κ1) is 16.1. The van der Waals surface area contributed by atoms with Gasteiger partial charge in [-0.25, -0.2) is 0 Å². The Kier molecular flexibility index (Phi) is 6.44. The number of benzene rings is 1. The molecule has 106 valence electrons.